The van der Waals surface area contributed by atoms with Gasteiger partial charge >= 0.3 is 0 Å². The van der Waals surface area contributed by atoms with E-state index in [1.165, 1.54) is 55.3 Å². The molecule has 1 aliphatic rings. The number of halogens is 1. The summed E-state index contributed by atoms with van der Waals surface area (Å²) in [7, 11) is -6.53. The number of ether oxygens (including phenoxy) is 1. The number of carbonyl (C=O) groups excluding carboxylic acids is 1. The molecular formula is C28H35ClN4O8S2. The topological polar surface area (TPSA) is 159 Å². The quantitative estimate of drug-likeness (QED) is 0.353. The summed E-state index contributed by atoms with van der Waals surface area (Å²) in [5, 5.41) is 14.0. The number of aryl methyl sites for hydroxylation is 2. The highest BCUT2D eigenvalue weighted by atomic mass is 35.5. The lowest BCUT2D eigenvalue weighted by Crippen LogP contribution is -2.48. The van der Waals surface area contributed by atoms with Crippen LogP contribution in [0.5, 0.6) is 5.75 Å². The molecule has 1 aliphatic heterocycles. The second kappa shape index (κ2) is 12.8. The SMILES string of the molecule is Cc1noc(C)c1S(=O)(=O)N(C)C[C@@H]1Oc2ccc(NS(=O)(=O)c3ccc(Cl)cc3)cc2CC(=O)N([C@@H](C)CO)C[C@H]1C. The number of hydrogen-bond acceptors (Lipinski definition) is 9. The molecule has 1 amide bonds. The van der Waals surface area contributed by atoms with Crippen molar-refractivity contribution < 1.29 is 36.0 Å². The number of aliphatic hydroxyl groups is 1. The van der Waals surface area contributed by atoms with Gasteiger partial charge < -0.3 is 19.3 Å². The van der Waals surface area contributed by atoms with Gasteiger partial charge in [0.2, 0.25) is 15.9 Å². The van der Waals surface area contributed by atoms with Gasteiger partial charge in [0, 0.05) is 35.8 Å². The van der Waals surface area contributed by atoms with Crippen LogP contribution in [0.2, 0.25) is 5.02 Å². The van der Waals surface area contributed by atoms with Crippen molar-refractivity contribution in [2.75, 3.05) is 31.5 Å². The van der Waals surface area contributed by atoms with E-state index in [9.17, 15) is 26.7 Å². The first-order chi connectivity index (χ1) is 20.1. The minimum absolute atomic E-state index is 0.00662. The third-order valence-corrected chi connectivity index (χ3v) is 11.1. The molecule has 0 saturated carbocycles. The molecule has 15 heteroatoms. The van der Waals surface area contributed by atoms with Crippen LogP contribution in [0.25, 0.3) is 0 Å². The fourth-order valence-electron chi connectivity index (χ4n) is 4.89. The van der Waals surface area contributed by atoms with Crippen LogP contribution >= 0.6 is 11.6 Å². The van der Waals surface area contributed by atoms with Crippen LogP contribution in [-0.2, 0) is 31.3 Å². The van der Waals surface area contributed by atoms with Gasteiger partial charge in [0.05, 0.1) is 30.5 Å². The van der Waals surface area contributed by atoms with E-state index in [-0.39, 0.29) is 64.9 Å². The number of nitrogens with one attached hydrogen (secondary N) is 1. The lowest BCUT2D eigenvalue weighted by Gasteiger charge is -2.33. The number of benzene rings is 2. The van der Waals surface area contributed by atoms with Gasteiger partial charge in [-0.1, -0.05) is 23.7 Å². The first kappa shape index (κ1) is 32.7. The lowest BCUT2D eigenvalue weighted by atomic mass is 10.0. The molecular weight excluding hydrogens is 620 g/mol. The van der Waals surface area contributed by atoms with Crippen LogP contribution in [0, 0.1) is 19.8 Å². The zero-order valence-corrected chi connectivity index (χ0v) is 26.8. The highest BCUT2D eigenvalue weighted by Gasteiger charge is 2.35. The summed E-state index contributed by atoms with van der Waals surface area (Å²) in [4.78, 5) is 15.0. The van der Waals surface area contributed by atoms with Crippen molar-refractivity contribution in [3.05, 3.63) is 64.5 Å². The Kier molecular flexibility index (Phi) is 9.76. The Labute approximate surface area is 256 Å². The van der Waals surface area contributed by atoms with Gasteiger partial charge in [-0.25, -0.2) is 16.8 Å². The third-order valence-electron chi connectivity index (χ3n) is 7.37. The van der Waals surface area contributed by atoms with Crippen LogP contribution in [-0.4, -0.2) is 81.1 Å². The fourth-order valence-corrected chi connectivity index (χ4v) is 7.53. The molecule has 4 rings (SSSR count). The number of sulfonamides is 2. The van der Waals surface area contributed by atoms with Crippen molar-refractivity contribution in [1.29, 1.82) is 0 Å². The zero-order chi connectivity index (χ0) is 31.7. The fraction of sp³-hybridized carbons (Fsp3) is 0.429. The predicted octanol–water partition coefficient (Wildman–Crippen LogP) is 3.22. The van der Waals surface area contributed by atoms with Gasteiger partial charge in [-0.3, -0.25) is 9.52 Å². The smallest absolute Gasteiger partial charge is 0.261 e. The number of amides is 1. The molecule has 3 atom stereocenters. The summed E-state index contributed by atoms with van der Waals surface area (Å²) < 4.78 is 68.1. The molecule has 0 fully saturated rings. The highest BCUT2D eigenvalue weighted by molar-refractivity contribution is 7.92. The Balaban J connectivity index is 1.69. The number of aliphatic hydroxyl groups excluding tert-OH is 1. The van der Waals surface area contributed by atoms with Crippen molar-refractivity contribution in [3.63, 3.8) is 0 Å². The summed E-state index contributed by atoms with van der Waals surface area (Å²) in [6.45, 7) is 6.45. The maximum Gasteiger partial charge on any atom is 0.261 e. The highest BCUT2D eigenvalue weighted by Crippen LogP contribution is 2.31. The standard InChI is InChI=1S/C28H35ClN4O8S2/c1-17-14-33(18(2)16-34)27(35)13-21-12-23(31-42(36,37)24-9-6-22(29)7-10-24)8-11-25(21)40-26(17)15-32(5)43(38,39)28-19(3)30-41-20(28)4/h6-12,17-18,26,31,34H,13-16H2,1-5H3/t17-,18+,26+/m1/s1. The molecule has 234 valence electrons. The second-order valence-electron chi connectivity index (χ2n) is 10.7. The summed E-state index contributed by atoms with van der Waals surface area (Å²) in [5.74, 6) is -0.191. The van der Waals surface area contributed by atoms with Crippen LogP contribution in [0.1, 0.15) is 30.9 Å². The Morgan fingerprint density at radius 3 is 2.44 bits per heavy atom. The minimum atomic E-state index is -4.00. The Morgan fingerprint density at radius 2 is 1.84 bits per heavy atom. The maximum absolute atomic E-state index is 13.5. The molecule has 12 nitrogen and oxygen atoms in total. The van der Waals surface area contributed by atoms with Gasteiger partial charge in [-0.05, 0) is 63.2 Å². The molecule has 43 heavy (non-hydrogen) atoms. The molecule has 2 heterocycles. The maximum atomic E-state index is 13.5. The van der Waals surface area contributed by atoms with Gasteiger partial charge in [-0.2, -0.15) is 4.31 Å². The predicted molar refractivity (Wildman–Crippen MR) is 160 cm³/mol. The third kappa shape index (κ3) is 7.15. The molecule has 2 N–H and O–H groups in total. The largest absolute Gasteiger partial charge is 0.488 e. The molecule has 3 aromatic rings. The van der Waals surface area contributed by atoms with Gasteiger partial charge in [0.1, 0.15) is 22.4 Å². The number of anilines is 1. The monoisotopic (exact) mass is 654 g/mol. The lowest BCUT2D eigenvalue weighted by molar-refractivity contribution is -0.134. The van der Waals surface area contributed by atoms with E-state index in [1.54, 1.807) is 19.9 Å². The number of hydrogen-bond donors (Lipinski definition) is 2. The molecule has 0 bridgehead atoms. The average Bonchev–Trinajstić information content (AvgIpc) is 3.31. The number of carbonyl (C=O) groups is 1. The van der Waals surface area contributed by atoms with Crippen molar-refractivity contribution in [1.82, 2.24) is 14.4 Å². The van der Waals surface area contributed by atoms with Crippen LogP contribution in [0.3, 0.4) is 0 Å². The van der Waals surface area contributed by atoms with E-state index in [1.807, 2.05) is 6.92 Å². The van der Waals surface area contributed by atoms with Crippen molar-refractivity contribution in [3.8, 4) is 5.75 Å². The molecule has 0 unspecified atom stereocenters. The molecule has 0 aliphatic carbocycles. The zero-order valence-electron chi connectivity index (χ0n) is 24.4. The van der Waals surface area contributed by atoms with Crippen LogP contribution in [0.15, 0.2) is 56.8 Å². The van der Waals surface area contributed by atoms with Gasteiger partial charge in [0.15, 0.2) is 5.76 Å². The van der Waals surface area contributed by atoms with Gasteiger partial charge in [-0.15, -0.1) is 0 Å². The van der Waals surface area contributed by atoms with Crippen molar-refractivity contribution >= 4 is 43.2 Å². The Bertz CT molecular complexity index is 1670. The summed E-state index contributed by atoms with van der Waals surface area (Å²) in [6.07, 6.45) is -0.863. The average molecular weight is 655 g/mol. The van der Waals surface area contributed by atoms with Crippen molar-refractivity contribution in [2.24, 2.45) is 5.92 Å². The number of likely N-dealkylation sites (N-methyl/N-ethyl adjacent to an activating group) is 1. The molecule has 0 saturated heterocycles. The van der Waals surface area contributed by atoms with Crippen LogP contribution in [0.4, 0.5) is 5.69 Å². The second-order valence-corrected chi connectivity index (χ2v) is 14.8. The summed E-state index contributed by atoms with van der Waals surface area (Å²) >= 11 is 5.90. The molecule has 0 radical (unpaired) electrons. The number of nitrogens with zero attached hydrogens (tertiary/aromatic N) is 3. The number of rotatable bonds is 9. The van der Waals surface area contributed by atoms with E-state index in [4.69, 9.17) is 20.9 Å². The first-order valence-corrected chi connectivity index (χ1v) is 16.8. The van der Waals surface area contributed by atoms with Crippen molar-refractivity contribution in [2.45, 2.75) is 56.1 Å². The number of aromatic nitrogens is 1. The normalized spacial score (nSPS) is 18.8. The van der Waals surface area contributed by atoms with Gasteiger partial charge in [0.25, 0.3) is 10.0 Å². The van der Waals surface area contributed by atoms with E-state index in [2.05, 4.69) is 9.88 Å². The minimum Gasteiger partial charge on any atom is -0.488 e. The molecule has 1 aromatic heterocycles. The van der Waals surface area contributed by atoms with E-state index in [0.29, 0.717) is 16.3 Å². The van der Waals surface area contributed by atoms with E-state index in [0.717, 1.165) is 4.31 Å². The first-order valence-electron chi connectivity index (χ1n) is 13.5. The van der Waals surface area contributed by atoms with E-state index < -0.39 is 32.2 Å². The Hall–Kier alpha value is -3.17. The molecule has 2 aromatic carbocycles. The summed E-state index contributed by atoms with van der Waals surface area (Å²) in [6, 6.07) is 9.74. The van der Waals surface area contributed by atoms with Crippen LogP contribution < -0.4 is 9.46 Å². The molecule has 0 spiro atoms. The Morgan fingerprint density at radius 1 is 1.16 bits per heavy atom. The van der Waals surface area contributed by atoms with E-state index >= 15 is 0 Å². The summed E-state index contributed by atoms with van der Waals surface area (Å²) in [5.41, 5.74) is 0.834. The number of fused-ring (bicyclic) bond motifs is 1.